The summed E-state index contributed by atoms with van der Waals surface area (Å²) in [4.78, 5) is 12.3. The van der Waals surface area contributed by atoms with Crippen molar-refractivity contribution in [3.8, 4) is 11.1 Å². The molecule has 23 heavy (non-hydrogen) atoms. The molecule has 2 aromatic carbocycles. The summed E-state index contributed by atoms with van der Waals surface area (Å²) >= 11 is 3.33. The number of hydrogen-bond donors (Lipinski definition) is 1. The predicted octanol–water partition coefficient (Wildman–Crippen LogP) is 4.51. The van der Waals surface area contributed by atoms with Crippen molar-refractivity contribution < 1.29 is 4.79 Å². The van der Waals surface area contributed by atoms with Crippen LogP contribution in [0.1, 0.15) is 13.0 Å². The molecule has 116 valence electrons. The first-order valence-corrected chi connectivity index (χ1v) is 8.09. The molecule has 0 radical (unpaired) electrons. The molecule has 3 rings (SSSR count). The van der Waals surface area contributed by atoms with Crippen molar-refractivity contribution in [1.29, 1.82) is 0 Å². The van der Waals surface area contributed by atoms with Gasteiger partial charge in [0.2, 0.25) is 5.91 Å². The average molecular weight is 370 g/mol. The standard InChI is InChI=1S/C18H16BrN3O/c1-13(22-12-16(19)11-20-22)18(23)21-17-9-7-15(8-10-17)14-5-3-2-4-6-14/h2-13H,1H3,(H,21,23). The molecular weight excluding hydrogens is 354 g/mol. The number of amides is 1. The minimum Gasteiger partial charge on any atom is -0.324 e. The van der Waals surface area contributed by atoms with Crippen LogP contribution in [0, 0.1) is 0 Å². The largest absolute Gasteiger partial charge is 0.324 e. The Morgan fingerprint density at radius 1 is 1.09 bits per heavy atom. The molecule has 1 atom stereocenters. The number of benzene rings is 2. The van der Waals surface area contributed by atoms with Gasteiger partial charge in [-0.2, -0.15) is 5.10 Å². The Morgan fingerprint density at radius 3 is 2.35 bits per heavy atom. The number of nitrogens with zero attached hydrogens (tertiary/aromatic N) is 2. The topological polar surface area (TPSA) is 46.9 Å². The van der Waals surface area contributed by atoms with E-state index < -0.39 is 0 Å². The second-order valence-electron chi connectivity index (χ2n) is 5.25. The maximum absolute atomic E-state index is 12.3. The fraction of sp³-hybridized carbons (Fsp3) is 0.111. The number of anilines is 1. The van der Waals surface area contributed by atoms with E-state index in [2.05, 4.69) is 38.5 Å². The summed E-state index contributed by atoms with van der Waals surface area (Å²) < 4.78 is 2.47. The molecule has 0 aliphatic heterocycles. The van der Waals surface area contributed by atoms with Gasteiger partial charge in [0.1, 0.15) is 6.04 Å². The monoisotopic (exact) mass is 369 g/mol. The zero-order valence-electron chi connectivity index (χ0n) is 12.6. The summed E-state index contributed by atoms with van der Waals surface area (Å²) in [5, 5.41) is 7.05. The molecule has 5 heteroatoms. The predicted molar refractivity (Wildman–Crippen MR) is 95.1 cm³/mol. The van der Waals surface area contributed by atoms with Gasteiger partial charge in [0.25, 0.3) is 0 Å². The first-order chi connectivity index (χ1) is 11.1. The highest BCUT2D eigenvalue weighted by Gasteiger charge is 2.15. The summed E-state index contributed by atoms with van der Waals surface area (Å²) in [5.74, 6) is -0.104. The van der Waals surface area contributed by atoms with E-state index in [1.165, 1.54) is 0 Å². The molecule has 1 N–H and O–H groups in total. The lowest BCUT2D eigenvalue weighted by Gasteiger charge is -2.13. The molecule has 0 bridgehead atoms. The van der Waals surface area contributed by atoms with E-state index >= 15 is 0 Å². The molecule has 0 spiro atoms. The molecule has 0 fully saturated rings. The minimum atomic E-state index is -0.380. The molecule has 1 unspecified atom stereocenters. The quantitative estimate of drug-likeness (QED) is 0.735. The average Bonchev–Trinajstić information content (AvgIpc) is 3.02. The van der Waals surface area contributed by atoms with Crippen LogP contribution in [0.15, 0.2) is 71.5 Å². The normalized spacial score (nSPS) is 11.9. The van der Waals surface area contributed by atoms with E-state index in [1.807, 2.05) is 49.4 Å². The third-order valence-electron chi connectivity index (χ3n) is 3.61. The van der Waals surface area contributed by atoms with Crippen LogP contribution < -0.4 is 5.32 Å². The van der Waals surface area contributed by atoms with Crippen molar-refractivity contribution in [3.05, 3.63) is 71.5 Å². The highest BCUT2D eigenvalue weighted by Crippen LogP contribution is 2.21. The van der Waals surface area contributed by atoms with E-state index in [-0.39, 0.29) is 11.9 Å². The molecule has 0 saturated heterocycles. The lowest BCUT2D eigenvalue weighted by molar-refractivity contribution is -0.119. The number of carbonyl (C=O) groups is 1. The summed E-state index contributed by atoms with van der Waals surface area (Å²) in [7, 11) is 0. The van der Waals surface area contributed by atoms with Gasteiger partial charge >= 0.3 is 0 Å². The smallest absolute Gasteiger partial charge is 0.248 e. The van der Waals surface area contributed by atoms with Crippen molar-refractivity contribution in [3.63, 3.8) is 0 Å². The molecule has 0 aliphatic rings. The Bertz CT molecular complexity index is 797. The van der Waals surface area contributed by atoms with Gasteiger partial charge in [-0.3, -0.25) is 9.48 Å². The number of carbonyl (C=O) groups excluding carboxylic acids is 1. The van der Waals surface area contributed by atoms with E-state index in [1.54, 1.807) is 17.1 Å². The third-order valence-corrected chi connectivity index (χ3v) is 4.02. The SMILES string of the molecule is CC(C(=O)Nc1ccc(-c2ccccc2)cc1)n1cc(Br)cn1. The number of rotatable bonds is 4. The van der Waals surface area contributed by atoms with Crippen LogP contribution in [-0.4, -0.2) is 15.7 Å². The Balaban J connectivity index is 1.69. The zero-order chi connectivity index (χ0) is 16.2. The number of halogens is 1. The summed E-state index contributed by atoms with van der Waals surface area (Å²) in [6.07, 6.45) is 3.45. The van der Waals surface area contributed by atoms with E-state index in [0.29, 0.717) is 0 Å². The van der Waals surface area contributed by atoms with Crippen LogP contribution in [-0.2, 0) is 4.79 Å². The second-order valence-corrected chi connectivity index (χ2v) is 6.16. The van der Waals surface area contributed by atoms with E-state index in [4.69, 9.17) is 0 Å². The van der Waals surface area contributed by atoms with Crippen molar-refractivity contribution in [2.75, 3.05) is 5.32 Å². The molecule has 1 aromatic heterocycles. The van der Waals surface area contributed by atoms with Gasteiger partial charge in [-0.1, -0.05) is 42.5 Å². The minimum absolute atomic E-state index is 0.104. The molecule has 3 aromatic rings. The van der Waals surface area contributed by atoms with Gasteiger partial charge in [0.05, 0.1) is 10.7 Å². The zero-order valence-corrected chi connectivity index (χ0v) is 14.2. The van der Waals surface area contributed by atoms with Crippen LogP contribution in [0.2, 0.25) is 0 Å². The summed E-state index contributed by atoms with van der Waals surface area (Å²) in [6.45, 7) is 1.81. The van der Waals surface area contributed by atoms with Crippen molar-refractivity contribution in [1.82, 2.24) is 9.78 Å². The molecule has 0 aliphatic carbocycles. The van der Waals surface area contributed by atoms with E-state index in [0.717, 1.165) is 21.3 Å². The fourth-order valence-corrected chi connectivity index (χ4v) is 2.57. The molecule has 4 nitrogen and oxygen atoms in total. The van der Waals surface area contributed by atoms with Crippen molar-refractivity contribution in [2.45, 2.75) is 13.0 Å². The van der Waals surface area contributed by atoms with Crippen LogP contribution >= 0.6 is 15.9 Å². The van der Waals surface area contributed by atoms with Gasteiger partial charge in [0.15, 0.2) is 0 Å². The molecule has 1 amide bonds. The summed E-state index contributed by atoms with van der Waals surface area (Å²) in [5.41, 5.74) is 3.04. The first-order valence-electron chi connectivity index (χ1n) is 7.29. The Hall–Kier alpha value is -2.40. The van der Waals surface area contributed by atoms with Crippen LogP contribution in [0.5, 0.6) is 0 Å². The fourth-order valence-electron chi connectivity index (χ4n) is 2.27. The van der Waals surface area contributed by atoms with E-state index in [9.17, 15) is 4.79 Å². The van der Waals surface area contributed by atoms with Gasteiger partial charge < -0.3 is 5.32 Å². The number of aromatic nitrogens is 2. The number of hydrogen-bond acceptors (Lipinski definition) is 2. The second kappa shape index (κ2) is 6.79. The first kappa shape index (κ1) is 15.5. The van der Waals surface area contributed by atoms with Crippen molar-refractivity contribution in [2.24, 2.45) is 0 Å². The van der Waals surface area contributed by atoms with Crippen LogP contribution in [0.4, 0.5) is 5.69 Å². The third kappa shape index (κ3) is 3.68. The van der Waals surface area contributed by atoms with Gasteiger partial charge in [-0.05, 0) is 46.1 Å². The van der Waals surface area contributed by atoms with Crippen LogP contribution in [0.25, 0.3) is 11.1 Å². The highest BCUT2D eigenvalue weighted by molar-refractivity contribution is 9.10. The number of nitrogens with one attached hydrogen (secondary N) is 1. The molecule has 0 saturated carbocycles. The lowest BCUT2D eigenvalue weighted by Crippen LogP contribution is -2.23. The maximum atomic E-state index is 12.3. The maximum Gasteiger partial charge on any atom is 0.248 e. The van der Waals surface area contributed by atoms with Gasteiger partial charge in [-0.15, -0.1) is 0 Å². The molecular formula is C18H16BrN3O. The summed E-state index contributed by atoms with van der Waals surface area (Å²) in [6, 6.07) is 17.6. The highest BCUT2D eigenvalue weighted by atomic mass is 79.9. The van der Waals surface area contributed by atoms with Crippen LogP contribution in [0.3, 0.4) is 0 Å². The Kier molecular flexibility index (Phi) is 4.57. The lowest BCUT2D eigenvalue weighted by atomic mass is 10.1. The van der Waals surface area contributed by atoms with Gasteiger partial charge in [0, 0.05) is 11.9 Å². The Labute approximate surface area is 143 Å². The Morgan fingerprint density at radius 2 is 1.74 bits per heavy atom. The molecule has 1 heterocycles. The van der Waals surface area contributed by atoms with Crippen molar-refractivity contribution >= 4 is 27.5 Å². The van der Waals surface area contributed by atoms with Gasteiger partial charge in [-0.25, -0.2) is 0 Å².